The van der Waals surface area contributed by atoms with Crippen molar-refractivity contribution in [3.8, 4) is 5.75 Å². The van der Waals surface area contributed by atoms with Crippen molar-refractivity contribution >= 4 is 51.6 Å². The van der Waals surface area contributed by atoms with E-state index >= 15 is 0 Å². The van der Waals surface area contributed by atoms with E-state index in [0.29, 0.717) is 5.56 Å². The summed E-state index contributed by atoms with van der Waals surface area (Å²) in [6.45, 7) is -0.148. The molecule has 7 atom stereocenters. The van der Waals surface area contributed by atoms with E-state index in [1.54, 1.807) is 25.1 Å². The number of amides is 1. The lowest BCUT2D eigenvalue weighted by atomic mass is 9.54. The van der Waals surface area contributed by atoms with Gasteiger partial charge in [0.15, 0.2) is 17.2 Å². The highest BCUT2D eigenvalue weighted by atomic mass is 127. The number of nitrogens with two attached hydrogens (primary N) is 1. The summed E-state index contributed by atoms with van der Waals surface area (Å²) >= 11 is 2.08. The molecule has 1 saturated heterocycles. The standard InChI is InChI=1S/C25H27IN2O9/c1-28(2)19-11-6-9-5-10-12(26)3-4-13(29)17(10)20(31)16(9)22(32)25(11,35)23(33)18(24(27)34)21(19)37-7-14(30)15-8-36-15/h3-4,9,11,15,18-19,21,29,31,35H,5-8H2,1-2H3,(H2,27,34)/t9-,11-,15?,18?,19-,21?,25-/m0/s1. The summed E-state index contributed by atoms with van der Waals surface area (Å²) in [7, 11) is 3.32. The number of Topliss-reactive ketones (excluding diaryl/α,β-unsaturated/α-hetero) is 3. The van der Waals surface area contributed by atoms with Gasteiger partial charge in [-0.25, -0.2) is 0 Å². The number of halogens is 1. The Kier molecular flexibility index (Phi) is 6.46. The Labute approximate surface area is 225 Å². The molecule has 5 N–H and O–H groups in total. The topological polar surface area (TPSA) is 180 Å². The molecule has 0 bridgehead atoms. The van der Waals surface area contributed by atoms with Crippen molar-refractivity contribution in [1.82, 2.24) is 4.90 Å². The molecule has 198 valence electrons. The zero-order chi connectivity index (χ0) is 27.0. The summed E-state index contributed by atoms with van der Waals surface area (Å²) < 4.78 is 11.6. The van der Waals surface area contributed by atoms with Gasteiger partial charge in [-0.1, -0.05) is 0 Å². The van der Waals surface area contributed by atoms with Crippen LogP contribution in [0, 0.1) is 21.3 Å². The number of phenols is 1. The number of carbonyl (C=O) groups is 4. The molecule has 1 aliphatic heterocycles. The minimum Gasteiger partial charge on any atom is -0.507 e. The first-order chi connectivity index (χ1) is 17.4. The van der Waals surface area contributed by atoms with Crippen LogP contribution in [0.4, 0.5) is 0 Å². The number of fused-ring (bicyclic) bond motifs is 3. The van der Waals surface area contributed by atoms with Crippen LogP contribution < -0.4 is 5.73 Å². The van der Waals surface area contributed by atoms with Crippen molar-refractivity contribution in [3.63, 3.8) is 0 Å². The zero-order valence-corrected chi connectivity index (χ0v) is 22.3. The predicted octanol–water partition coefficient (Wildman–Crippen LogP) is -0.274. The second-order valence-electron chi connectivity index (χ2n) is 10.3. The normalized spacial score (nSPS) is 34.6. The average molecular weight is 626 g/mol. The summed E-state index contributed by atoms with van der Waals surface area (Å²) in [4.78, 5) is 54.0. The van der Waals surface area contributed by atoms with Crippen LogP contribution in [0.25, 0.3) is 5.76 Å². The predicted molar refractivity (Wildman–Crippen MR) is 135 cm³/mol. The van der Waals surface area contributed by atoms with Gasteiger partial charge in [0, 0.05) is 21.1 Å². The van der Waals surface area contributed by atoms with Crippen LogP contribution >= 0.6 is 22.6 Å². The van der Waals surface area contributed by atoms with E-state index in [-0.39, 0.29) is 42.1 Å². The molecule has 3 fully saturated rings. The fraction of sp³-hybridized carbons (Fsp3) is 0.520. The summed E-state index contributed by atoms with van der Waals surface area (Å²) in [6, 6.07) is 2.25. The van der Waals surface area contributed by atoms with Crippen molar-refractivity contribution in [1.29, 1.82) is 0 Å². The first-order valence-electron chi connectivity index (χ1n) is 11.9. The van der Waals surface area contributed by atoms with Crippen molar-refractivity contribution < 1.29 is 44.0 Å². The number of hydrogen-bond donors (Lipinski definition) is 4. The van der Waals surface area contributed by atoms with Gasteiger partial charge < -0.3 is 35.4 Å². The highest BCUT2D eigenvalue weighted by molar-refractivity contribution is 14.1. The van der Waals surface area contributed by atoms with E-state index in [1.165, 1.54) is 6.07 Å². The van der Waals surface area contributed by atoms with E-state index in [2.05, 4.69) is 22.6 Å². The lowest BCUT2D eigenvalue weighted by Gasteiger charge is -2.54. The Morgan fingerprint density at radius 1 is 1.27 bits per heavy atom. The Bertz CT molecular complexity index is 1260. The van der Waals surface area contributed by atoms with Crippen LogP contribution in [0.5, 0.6) is 5.75 Å². The van der Waals surface area contributed by atoms with Gasteiger partial charge in [0.1, 0.15) is 30.1 Å². The van der Waals surface area contributed by atoms with Crippen LogP contribution in [0.2, 0.25) is 0 Å². The Morgan fingerprint density at radius 3 is 2.54 bits per heavy atom. The number of nitrogens with zero attached hydrogens (tertiary/aromatic N) is 1. The van der Waals surface area contributed by atoms with Crippen LogP contribution in [-0.2, 0) is 35.1 Å². The van der Waals surface area contributed by atoms with Crippen molar-refractivity contribution in [2.75, 3.05) is 27.3 Å². The lowest BCUT2D eigenvalue weighted by Crippen LogP contribution is -2.74. The van der Waals surface area contributed by atoms with E-state index in [0.717, 1.165) is 3.57 Å². The van der Waals surface area contributed by atoms with Gasteiger partial charge in [0.05, 0.1) is 18.3 Å². The minimum atomic E-state index is -2.66. The van der Waals surface area contributed by atoms with Crippen LogP contribution in [0.3, 0.4) is 0 Å². The molecule has 4 aliphatic rings. The maximum Gasteiger partial charge on any atom is 0.230 e. The third kappa shape index (κ3) is 3.92. The number of carbonyl (C=O) groups excluding carboxylic acids is 4. The number of primary amides is 1. The van der Waals surface area contributed by atoms with Gasteiger partial charge >= 0.3 is 0 Å². The van der Waals surface area contributed by atoms with Gasteiger partial charge in [-0.3, -0.25) is 19.2 Å². The van der Waals surface area contributed by atoms with Gasteiger partial charge in [0.2, 0.25) is 11.7 Å². The molecule has 2 saturated carbocycles. The molecule has 0 spiro atoms. The molecule has 3 aliphatic carbocycles. The van der Waals surface area contributed by atoms with Gasteiger partial charge in [-0.2, -0.15) is 0 Å². The molecular weight excluding hydrogens is 599 g/mol. The number of aromatic hydroxyl groups is 1. The maximum atomic E-state index is 13.9. The average Bonchev–Trinajstić information content (AvgIpc) is 3.67. The largest absolute Gasteiger partial charge is 0.507 e. The number of benzene rings is 1. The molecule has 1 heterocycles. The second-order valence-corrected chi connectivity index (χ2v) is 11.4. The maximum absolute atomic E-state index is 13.9. The Morgan fingerprint density at radius 2 is 1.95 bits per heavy atom. The van der Waals surface area contributed by atoms with Crippen LogP contribution in [-0.4, -0.2) is 94.6 Å². The molecule has 12 heteroatoms. The smallest absolute Gasteiger partial charge is 0.230 e. The number of aliphatic hydroxyl groups is 2. The van der Waals surface area contributed by atoms with Crippen molar-refractivity contribution in [2.45, 2.75) is 36.7 Å². The molecule has 1 amide bonds. The fourth-order valence-corrected chi connectivity index (χ4v) is 6.90. The van der Waals surface area contributed by atoms with E-state index < -0.39 is 71.4 Å². The Hall–Kier alpha value is -2.39. The highest BCUT2D eigenvalue weighted by Crippen LogP contribution is 2.53. The van der Waals surface area contributed by atoms with Crippen molar-refractivity contribution in [3.05, 3.63) is 32.4 Å². The molecule has 37 heavy (non-hydrogen) atoms. The lowest BCUT2D eigenvalue weighted by molar-refractivity contribution is -0.189. The SMILES string of the molecule is CN(C)[C@@H]1C(OCC(=O)C2CO2)C(C(N)=O)C(=O)[C@@]2(O)C(=O)C3=C(O)c4c(O)ccc(I)c4C[C@H]3C[C@@H]12. The number of hydrogen-bond acceptors (Lipinski definition) is 10. The summed E-state index contributed by atoms with van der Waals surface area (Å²) in [5.74, 6) is -7.59. The molecule has 0 aromatic heterocycles. The summed E-state index contributed by atoms with van der Waals surface area (Å²) in [5.41, 5.74) is 3.52. The molecule has 0 radical (unpaired) electrons. The second kappa shape index (κ2) is 9.12. The van der Waals surface area contributed by atoms with Crippen LogP contribution in [0.1, 0.15) is 17.5 Å². The third-order valence-corrected chi connectivity index (χ3v) is 9.01. The molecule has 11 nitrogen and oxygen atoms in total. The number of ether oxygens (including phenoxy) is 2. The summed E-state index contributed by atoms with van der Waals surface area (Å²) in [5, 5.41) is 33.4. The van der Waals surface area contributed by atoms with Crippen molar-refractivity contribution in [2.24, 2.45) is 23.5 Å². The number of phenolic OH excluding ortho intramolecular Hbond substituents is 1. The molecule has 3 unspecified atom stereocenters. The molecule has 1 aromatic carbocycles. The first-order valence-corrected chi connectivity index (χ1v) is 12.9. The number of ketones is 3. The molecule has 1 aromatic rings. The number of aliphatic hydroxyl groups excluding tert-OH is 1. The van der Waals surface area contributed by atoms with Crippen LogP contribution in [0.15, 0.2) is 17.7 Å². The third-order valence-electron chi connectivity index (χ3n) is 8.00. The number of epoxide rings is 1. The quantitative estimate of drug-likeness (QED) is 0.187. The van der Waals surface area contributed by atoms with Gasteiger partial charge in [0.25, 0.3) is 0 Å². The van der Waals surface area contributed by atoms with Gasteiger partial charge in [-0.05, 0) is 73.1 Å². The first kappa shape index (κ1) is 26.2. The van der Waals surface area contributed by atoms with Gasteiger partial charge in [-0.15, -0.1) is 0 Å². The fourth-order valence-electron chi connectivity index (χ4n) is 6.23. The molecular formula is C25H27IN2O9. The van der Waals surface area contributed by atoms with E-state index in [9.17, 15) is 34.5 Å². The number of rotatable bonds is 6. The zero-order valence-electron chi connectivity index (χ0n) is 20.1. The molecule has 5 rings (SSSR count). The highest BCUT2D eigenvalue weighted by Gasteiger charge is 2.68. The monoisotopic (exact) mass is 626 g/mol. The summed E-state index contributed by atoms with van der Waals surface area (Å²) in [6.07, 6.45) is -1.39. The van der Waals surface area contributed by atoms with E-state index in [4.69, 9.17) is 15.2 Å². The minimum absolute atomic E-state index is 0.0921. The number of likely N-dealkylation sites (N-methyl/N-ethyl adjacent to an activating group) is 1. The Balaban J connectivity index is 1.61. The van der Waals surface area contributed by atoms with E-state index in [1.807, 2.05) is 0 Å².